The summed E-state index contributed by atoms with van der Waals surface area (Å²) in [7, 11) is 0. The van der Waals surface area contributed by atoms with Crippen molar-refractivity contribution in [3.8, 4) is 0 Å². The Labute approximate surface area is 123 Å². The van der Waals surface area contributed by atoms with Crippen molar-refractivity contribution in [2.45, 2.75) is 13.0 Å². The lowest BCUT2D eigenvalue weighted by molar-refractivity contribution is 0.376. The molecule has 0 aliphatic rings. The number of benzene rings is 1. The Morgan fingerprint density at radius 1 is 1.32 bits per heavy atom. The average Bonchev–Trinajstić information content (AvgIpc) is 2.99. The van der Waals surface area contributed by atoms with Gasteiger partial charge in [0.25, 0.3) is 0 Å². The van der Waals surface area contributed by atoms with Gasteiger partial charge in [0.15, 0.2) is 5.76 Å². The van der Waals surface area contributed by atoms with Gasteiger partial charge in [-0.15, -0.1) is 11.6 Å². The van der Waals surface area contributed by atoms with E-state index in [1.165, 1.54) is 0 Å². The number of aryl methyl sites for hydroxylation is 1. The number of hydrogen-bond donors (Lipinski definition) is 0. The van der Waals surface area contributed by atoms with Gasteiger partial charge in [0.05, 0.1) is 23.8 Å². The van der Waals surface area contributed by atoms with Gasteiger partial charge in [-0.05, 0) is 18.2 Å². The molecule has 0 aliphatic carbocycles. The van der Waals surface area contributed by atoms with Crippen LogP contribution in [0.4, 0.5) is 0 Å². The number of rotatable bonds is 4. The molecule has 0 fully saturated rings. The van der Waals surface area contributed by atoms with Crippen LogP contribution in [0.2, 0.25) is 0 Å². The first kappa shape index (κ1) is 12.7. The maximum Gasteiger partial charge on any atom is 0.156 e. The molecule has 0 amide bonds. The number of halogens is 2. The van der Waals surface area contributed by atoms with E-state index in [2.05, 4.69) is 30.6 Å². The van der Waals surface area contributed by atoms with Crippen LogP contribution >= 0.6 is 27.5 Å². The number of nitrogens with zero attached hydrogens (tertiary/aromatic N) is 3. The van der Waals surface area contributed by atoms with Gasteiger partial charge < -0.3 is 9.09 Å². The molecule has 19 heavy (non-hydrogen) atoms. The van der Waals surface area contributed by atoms with Crippen molar-refractivity contribution in [2.24, 2.45) is 0 Å². The van der Waals surface area contributed by atoms with Crippen molar-refractivity contribution in [3.63, 3.8) is 0 Å². The zero-order valence-electron chi connectivity index (χ0n) is 10.0. The molecule has 0 saturated heterocycles. The van der Waals surface area contributed by atoms with Crippen LogP contribution < -0.4 is 0 Å². The summed E-state index contributed by atoms with van der Waals surface area (Å²) < 4.78 is 8.30. The second-order valence-electron chi connectivity index (χ2n) is 4.16. The second-order valence-corrected chi connectivity index (χ2v) is 5.46. The van der Waals surface area contributed by atoms with E-state index in [1.54, 1.807) is 6.20 Å². The van der Waals surface area contributed by atoms with E-state index in [0.29, 0.717) is 12.4 Å². The van der Waals surface area contributed by atoms with E-state index in [4.69, 9.17) is 16.1 Å². The third kappa shape index (κ3) is 2.53. The number of fused-ring (bicyclic) bond motifs is 1. The second kappa shape index (κ2) is 5.35. The van der Waals surface area contributed by atoms with Crippen LogP contribution in [0, 0.1) is 0 Å². The first-order valence-electron chi connectivity index (χ1n) is 5.88. The number of hydrogen-bond acceptors (Lipinski definition) is 3. The number of alkyl halides is 1. The first-order chi connectivity index (χ1) is 9.28. The molecule has 0 radical (unpaired) electrons. The molecule has 0 N–H and O–H groups in total. The highest BCUT2D eigenvalue weighted by Gasteiger charge is 2.12. The molecule has 3 aromatic rings. The van der Waals surface area contributed by atoms with Crippen molar-refractivity contribution < 1.29 is 4.52 Å². The van der Waals surface area contributed by atoms with E-state index in [-0.39, 0.29) is 0 Å². The Hall–Kier alpha value is -1.33. The van der Waals surface area contributed by atoms with Crippen molar-refractivity contribution in [2.75, 3.05) is 5.88 Å². The molecule has 0 aliphatic heterocycles. The summed E-state index contributed by atoms with van der Waals surface area (Å²) in [4.78, 5) is 4.63. The molecule has 4 nitrogen and oxygen atoms in total. The Balaban J connectivity index is 2.10. The van der Waals surface area contributed by atoms with E-state index < -0.39 is 0 Å². The summed E-state index contributed by atoms with van der Waals surface area (Å²) in [5.74, 6) is 2.30. The molecule has 98 valence electrons. The minimum Gasteiger partial charge on any atom is -0.359 e. The molecule has 0 bridgehead atoms. The van der Waals surface area contributed by atoms with E-state index in [1.807, 2.05) is 24.3 Å². The van der Waals surface area contributed by atoms with Crippen LogP contribution in [0.5, 0.6) is 0 Å². The Kier molecular flexibility index (Phi) is 3.57. The van der Waals surface area contributed by atoms with Crippen molar-refractivity contribution in [1.82, 2.24) is 14.7 Å². The minimum atomic E-state index is 0.543. The van der Waals surface area contributed by atoms with Gasteiger partial charge in [-0.25, -0.2) is 4.98 Å². The van der Waals surface area contributed by atoms with Crippen LogP contribution in [0.15, 0.2) is 39.5 Å². The van der Waals surface area contributed by atoms with Gasteiger partial charge in [-0.3, -0.25) is 0 Å². The molecule has 0 atom stereocenters. The lowest BCUT2D eigenvalue weighted by atomic mass is 10.3. The molecule has 0 spiro atoms. The van der Waals surface area contributed by atoms with Crippen LogP contribution in [-0.2, 0) is 13.0 Å². The van der Waals surface area contributed by atoms with Crippen molar-refractivity contribution in [3.05, 3.63) is 46.5 Å². The fourth-order valence-corrected chi connectivity index (χ4v) is 2.60. The Bertz CT molecular complexity index is 693. The summed E-state index contributed by atoms with van der Waals surface area (Å²) in [6.45, 7) is 0.615. The van der Waals surface area contributed by atoms with Gasteiger partial charge in [-0.1, -0.05) is 21.1 Å². The lowest BCUT2D eigenvalue weighted by Crippen LogP contribution is -2.05. The monoisotopic (exact) mass is 339 g/mol. The smallest absolute Gasteiger partial charge is 0.156 e. The van der Waals surface area contributed by atoms with Gasteiger partial charge in [0, 0.05) is 22.8 Å². The lowest BCUT2D eigenvalue weighted by Gasteiger charge is -2.05. The van der Waals surface area contributed by atoms with Crippen molar-refractivity contribution in [1.29, 1.82) is 0 Å². The minimum absolute atomic E-state index is 0.543. The highest BCUT2D eigenvalue weighted by atomic mass is 79.9. The maximum atomic E-state index is 5.85. The van der Waals surface area contributed by atoms with Crippen LogP contribution in [0.25, 0.3) is 11.0 Å². The first-order valence-corrected chi connectivity index (χ1v) is 7.21. The van der Waals surface area contributed by atoms with Crippen LogP contribution in [0.1, 0.15) is 11.6 Å². The SMILES string of the molecule is ClCCc1nc2cc(Br)ccc2n1Cc1ccno1. The molecule has 3 rings (SSSR count). The van der Waals surface area contributed by atoms with E-state index in [9.17, 15) is 0 Å². The van der Waals surface area contributed by atoms with Gasteiger partial charge in [0.2, 0.25) is 0 Å². The predicted molar refractivity (Wildman–Crippen MR) is 77.5 cm³/mol. The molecule has 1 aromatic carbocycles. The molecular weight excluding hydrogens is 330 g/mol. The van der Waals surface area contributed by atoms with Gasteiger partial charge in [-0.2, -0.15) is 0 Å². The van der Waals surface area contributed by atoms with Crippen LogP contribution in [-0.4, -0.2) is 20.6 Å². The summed E-state index contributed by atoms with van der Waals surface area (Å²) in [6.07, 6.45) is 2.37. The Morgan fingerprint density at radius 2 is 2.21 bits per heavy atom. The van der Waals surface area contributed by atoms with E-state index in [0.717, 1.165) is 33.5 Å². The predicted octanol–water partition coefficient (Wildman–Crippen LogP) is 3.62. The highest BCUT2D eigenvalue weighted by Crippen LogP contribution is 2.22. The quantitative estimate of drug-likeness (QED) is 0.681. The third-order valence-electron chi connectivity index (χ3n) is 2.91. The number of imidazole rings is 1. The topological polar surface area (TPSA) is 43.9 Å². The number of aromatic nitrogens is 3. The van der Waals surface area contributed by atoms with E-state index >= 15 is 0 Å². The van der Waals surface area contributed by atoms with Gasteiger partial charge >= 0.3 is 0 Å². The summed E-state index contributed by atoms with van der Waals surface area (Å²) in [6, 6.07) is 7.91. The standard InChI is InChI=1S/C13H11BrClN3O/c14-9-1-2-12-11(7-9)17-13(3-5-15)18(12)8-10-4-6-16-19-10/h1-2,4,6-7H,3,5,8H2. The van der Waals surface area contributed by atoms with Gasteiger partial charge in [0.1, 0.15) is 5.82 Å². The largest absolute Gasteiger partial charge is 0.359 e. The summed E-state index contributed by atoms with van der Waals surface area (Å²) >= 11 is 9.31. The molecule has 6 heteroatoms. The fourth-order valence-electron chi connectivity index (χ4n) is 2.08. The Morgan fingerprint density at radius 3 is 2.95 bits per heavy atom. The molecule has 0 saturated carbocycles. The third-order valence-corrected chi connectivity index (χ3v) is 3.59. The average molecular weight is 341 g/mol. The summed E-state index contributed by atoms with van der Waals surface area (Å²) in [5.41, 5.74) is 2.02. The molecule has 0 unspecified atom stereocenters. The molecular formula is C13H11BrClN3O. The summed E-state index contributed by atoms with van der Waals surface area (Å²) in [5, 5.41) is 3.73. The normalized spacial score (nSPS) is 11.3. The highest BCUT2D eigenvalue weighted by molar-refractivity contribution is 9.10. The molecule has 2 aromatic heterocycles. The fraction of sp³-hybridized carbons (Fsp3) is 0.231. The van der Waals surface area contributed by atoms with Crippen LogP contribution in [0.3, 0.4) is 0 Å². The zero-order chi connectivity index (χ0) is 13.2. The molecule has 2 heterocycles. The maximum absolute atomic E-state index is 5.85. The zero-order valence-corrected chi connectivity index (χ0v) is 12.4. The van der Waals surface area contributed by atoms with Crippen molar-refractivity contribution >= 4 is 38.6 Å².